The first-order valence-corrected chi connectivity index (χ1v) is 7.85. The van der Waals surface area contributed by atoms with Crippen LogP contribution in [-0.2, 0) is 0 Å². The summed E-state index contributed by atoms with van der Waals surface area (Å²) in [5.74, 6) is 0.210. The predicted octanol–water partition coefficient (Wildman–Crippen LogP) is 2.43. The fourth-order valence-corrected chi connectivity index (χ4v) is 2.05. The number of para-hydroxylation sites is 1. The highest BCUT2D eigenvalue weighted by Crippen LogP contribution is 2.26. The van der Waals surface area contributed by atoms with E-state index in [0.29, 0.717) is 17.8 Å². The third-order valence-electron chi connectivity index (χ3n) is 3.25. The normalized spacial score (nSPS) is 11.8. The molecule has 0 aliphatic heterocycles. The molecule has 6 nitrogen and oxygen atoms in total. The summed E-state index contributed by atoms with van der Waals surface area (Å²) in [7, 11) is 0. The molecule has 2 aromatic rings. The SMILES string of the molecule is CC(C)NCC(O)COc1nccc(Nc2ccccc2)c1C#N. The highest BCUT2D eigenvalue weighted by molar-refractivity contribution is 5.68. The van der Waals surface area contributed by atoms with Crippen LogP contribution >= 0.6 is 0 Å². The third kappa shape index (κ3) is 5.23. The van der Waals surface area contributed by atoms with Crippen LogP contribution in [0.2, 0.25) is 0 Å². The minimum Gasteiger partial charge on any atom is -0.474 e. The van der Waals surface area contributed by atoms with Gasteiger partial charge in [-0.2, -0.15) is 5.26 Å². The Morgan fingerprint density at radius 2 is 2.00 bits per heavy atom. The van der Waals surface area contributed by atoms with E-state index in [2.05, 4.69) is 21.7 Å². The van der Waals surface area contributed by atoms with E-state index >= 15 is 0 Å². The summed E-state index contributed by atoms with van der Waals surface area (Å²) >= 11 is 0. The minimum absolute atomic E-state index is 0.0657. The second-order valence-electron chi connectivity index (χ2n) is 5.67. The number of rotatable bonds is 8. The van der Waals surface area contributed by atoms with Crippen molar-refractivity contribution in [3.8, 4) is 11.9 Å². The molecule has 0 radical (unpaired) electrons. The number of nitrogens with one attached hydrogen (secondary N) is 2. The zero-order valence-electron chi connectivity index (χ0n) is 13.9. The summed E-state index contributed by atoms with van der Waals surface area (Å²) in [5.41, 5.74) is 1.79. The van der Waals surface area contributed by atoms with Crippen molar-refractivity contribution < 1.29 is 9.84 Å². The van der Waals surface area contributed by atoms with Gasteiger partial charge >= 0.3 is 0 Å². The molecule has 0 saturated carbocycles. The molecule has 3 N–H and O–H groups in total. The van der Waals surface area contributed by atoms with Crippen LogP contribution in [0, 0.1) is 11.3 Å². The van der Waals surface area contributed by atoms with E-state index in [4.69, 9.17) is 4.74 Å². The lowest BCUT2D eigenvalue weighted by Gasteiger charge is -2.16. The molecule has 1 atom stereocenters. The van der Waals surface area contributed by atoms with Crippen LogP contribution in [0.1, 0.15) is 19.4 Å². The number of nitriles is 1. The number of nitrogens with zero attached hydrogens (tertiary/aromatic N) is 2. The molecule has 0 aliphatic carbocycles. The monoisotopic (exact) mass is 326 g/mol. The quantitative estimate of drug-likeness (QED) is 0.690. The van der Waals surface area contributed by atoms with Crippen molar-refractivity contribution in [3.05, 3.63) is 48.2 Å². The van der Waals surface area contributed by atoms with E-state index in [-0.39, 0.29) is 18.5 Å². The van der Waals surface area contributed by atoms with Crippen LogP contribution in [-0.4, -0.2) is 35.4 Å². The second kappa shape index (κ2) is 8.87. The van der Waals surface area contributed by atoms with Gasteiger partial charge in [0.15, 0.2) is 0 Å². The van der Waals surface area contributed by atoms with Crippen LogP contribution in [0.25, 0.3) is 0 Å². The van der Waals surface area contributed by atoms with Gasteiger partial charge < -0.3 is 20.5 Å². The summed E-state index contributed by atoms with van der Waals surface area (Å²) in [5, 5.41) is 25.6. The summed E-state index contributed by atoms with van der Waals surface area (Å²) in [6.07, 6.45) is 0.895. The van der Waals surface area contributed by atoms with E-state index in [9.17, 15) is 10.4 Å². The van der Waals surface area contributed by atoms with Gasteiger partial charge in [0.2, 0.25) is 5.88 Å². The largest absolute Gasteiger partial charge is 0.474 e. The highest BCUT2D eigenvalue weighted by Gasteiger charge is 2.13. The maximum Gasteiger partial charge on any atom is 0.233 e. The smallest absolute Gasteiger partial charge is 0.233 e. The lowest BCUT2D eigenvalue weighted by molar-refractivity contribution is 0.102. The Morgan fingerprint density at radius 1 is 1.25 bits per heavy atom. The molecule has 0 bridgehead atoms. The van der Waals surface area contributed by atoms with E-state index in [0.717, 1.165) is 5.69 Å². The van der Waals surface area contributed by atoms with Gasteiger partial charge in [-0.15, -0.1) is 0 Å². The lowest BCUT2D eigenvalue weighted by Crippen LogP contribution is -2.35. The Hall–Kier alpha value is -2.62. The molecule has 2 rings (SSSR count). The number of aromatic nitrogens is 1. The van der Waals surface area contributed by atoms with Crippen molar-refractivity contribution in [1.29, 1.82) is 5.26 Å². The van der Waals surface area contributed by atoms with Crippen LogP contribution in [0.3, 0.4) is 0 Å². The van der Waals surface area contributed by atoms with Crippen LogP contribution in [0.5, 0.6) is 5.88 Å². The number of hydrogen-bond donors (Lipinski definition) is 3. The maximum absolute atomic E-state index is 9.91. The van der Waals surface area contributed by atoms with Crippen molar-refractivity contribution in [3.63, 3.8) is 0 Å². The van der Waals surface area contributed by atoms with Gasteiger partial charge in [-0.05, 0) is 18.2 Å². The van der Waals surface area contributed by atoms with Crippen molar-refractivity contribution in [2.45, 2.75) is 26.0 Å². The van der Waals surface area contributed by atoms with E-state index in [1.54, 1.807) is 12.3 Å². The second-order valence-corrected chi connectivity index (χ2v) is 5.67. The average Bonchev–Trinajstić information content (AvgIpc) is 2.59. The third-order valence-corrected chi connectivity index (χ3v) is 3.25. The Kier molecular flexibility index (Phi) is 6.55. The number of aliphatic hydroxyl groups is 1. The molecule has 0 spiro atoms. The zero-order valence-corrected chi connectivity index (χ0v) is 13.9. The van der Waals surface area contributed by atoms with Gasteiger partial charge in [0, 0.05) is 24.5 Å². The van der Waals surface area contributed by atoms with Gasteiger partial charge in [0.25, 0.3) is 0 Å². The Balaban J connectivity index is 2.05. The minimum atomic E-state index is -0.675. The van der Waals surface area contributed by atoms with Gasteiger partial charge in [-0.3, -0.25) is 0 Å². The van der Waals surface area contributed by atoms with Crippen molar-refractivity contribution in [2.24, 2.45) is 0 Å². The Bertz CT molecular complexity index is 683. The molecule has 24 heavy (non-hydrogen) atoms. The molecule has 1 aromatic heterocycles. The summed E-state index contributed by atoms with van der Waals surface area (Å²) in [6, 6.07) is 13.7. The first kappa shape index (κ1) is 17.7. The first-order chi connectivity index (χ1) is 11.6. The molecular formula is C18H22N4O2. The summed E-state index contributed by atoms with van der Waals surface area (Å²) < 4.78 is 5.54. The molecular weight excluding hydrogens is 304 g/mol. The van der Waals surface area contributed by atoms with E-state index in [1.165, 1.54) is 0 Å². The van der Waals surface area contributed by atoms with Crippen LogP contribution in [0.15, 0.2) is 42.6 Å². The molecule has 1 heterocycles. The van der Waals surface area contributed by atoms with Gasteiger partial charge in [-0.25, -0.2) is 4.98 Å². The fourth-order valence-electron chi connectivity index (χ4n) is 2.05. The summed E-state index contributed by atoms with van der Waals surface area (Å²) in [4.78, 5) is 4.10. The van der Waals surface area contributed by atoms with Crippen LogP contribution < -0.4 is 15.4 Å². The summed E-state index contributed by atoms with van der Waals surface area (Å²) in [6.45, 7) is 4.49. The van der Waals surface area contributed by atoms with Gasteiger partial charge in [-0.1, -0.05) is 32.0 Å². The van der Waals surface area contributed by atoms with E-state index in [1.807, 2.05) is 44.2 Å². The number of hydrogen-bond acceptors (Lipinski definition) is 6. The molecule has 0 fully saturated rings. The molecule has 6 heteroatoms. The predicted molar refractivity (Wildman–Crippen MR) is 93.3 cm³/mol. The Labute approximate surface area is 142 Å². The van der Waals surface area contributed by atoms with Gasteiger partial charge in [0.05, 0.1) is 5.69 Å². The topological polar surface area (TPSA) is 90.2 Å². The number of aliphatic hydroxyl groups excluding tert-OH is 1. The molecule has 0 amide bonds. The van der Waals surface area contributed by atoms with Gasteiger partial charge in [0.1, 0.15) is 24.3 Å². The molecule has 0 aliphatic rings. The number of anilines is 2. The fraction of sp³-hybridized carbons (Fsp3) is 0.333. The molecule has 126 valence electrons. The van der Waals surface area contributed by atoms with Crippen molar-refractivity contribution >= 4 is 11.4 Å². The zero-order chi connectivity index (χ0) is 17.4. The first-order valence-electron chi connectivity index (χ1n) is 7.85. The van der Waals surface area contributed by atoms with Crippen molar-refractivity contribution in [1.82, 2.24) is 10.3 Å². The highest BCUT2D eigenvalue weighted by atomic mass is 16.5. The molecule has 1 unspecified atom stereocenters. The Morgan fingerprint density at radius 3 is 2.67 bits per heavy atom. The number of ether oxygens (including phenoxy) is 1. The standard InChI is InChI=1S/C18H22N4O2/c1-13(2)21-11-15(23)12-24-18-16(10-19)17(8-9-20-18)22-14-6-4-3-5-7-14/h3-9,13,15,21,23H,11-12H2,1-2H3,(H,20,22). The molecule has 0 saturated heterocycles. The van der Waals surface area contributed by atoms with Crippen molar-refractivity contribution in [2.75, 3.05) is 18.5 Å². The average molecular weight is 326 g/mol. The van der Waals surface area contributed by atoms with E-state index < -0.39 is 6.10 Å². The molecule has 1 aromatic carbocycles. The van der Waals surface area contributed by atoms with Crippen LogP contribution in [0.4, 0.5) is 11.4 Å². The maximum atomic E-state index is 9.91. The number of benzene rings is 1. The lowest BCUT2D eigenvalue weighted by atomic mass is 10.2. The number of pyridine rings is 1.